The predicted octanol–water partition coefficient (Wildman–Crippen LogP) is 1.49. The van der Waals surface area contributed by atoms with Gasteiger partial charge in [-0.25, -0.2) is 13.2 Å². The van der Waals surface area contributed by atoms with Crippen LogP contribution >= 0.6 is 0 Å². The summed E-state index contributed by atoms with van der Waals surface area (Å²) in [4.78, 5) is 11.7. The minimum absolute atomic E-state index is 0.245. The highest BCUT2D eigenvalue weighted by molar-refractivity contribution is 7.90. The van der Waals surface area contributed by atoms with Crippen LogP contribution in [0.4, 0.5) is 0 Å². The molecule has 0 bridgehead atoms. The van der Waals surface area contributed by atoms with Gasteiger partial charge in [0.05, 0.1) is 18.2 Å². The van der Waals surface area contributed by atoms with Crippen molar-refractivity contribution in [3.63, 3.8) is 0 Å². The number of benzene rings is 2. The van der Waals surface area contributed by atoms with Crippen LogP contribution < -0.4 is 15.8 Å². The molecule has 0 radical (unpaired) electrons. The van der Waals surface area contributed by atoms with Gasteiger partial charge in [-0.1, -0.05) is 30.3 Å². The highest BCUT2D eigenvalue weighted by atomic mass is 32.2. The first-order valence-corrected chi connectivity index (χ1v) is 11.8. The number of nitrogens with one attached hydrogen (secondary N) is 2. The SMILES string of the molecule is Cn1c(=O)oc2ccc(-c3ccc(CC(C#N)NS(=O)(=O)C4CCOCCN4)cc3)cc21. The summed E-state index contributed by atoms with van der Waals surface area (Å²) in [5, 5.41) is 11.7. The molecule has 0 amide bonds. The van der Waals surface area contributed by atoms with Gasteiger partial charge in [0.1, 0.15) is 11.4 Å². The standard InChI is InChI=1S/C22H24N4O5S/c1-26-19-13-17(6-7-20(19)31-22(26)27)16-4-2-15(3-5-16)12-18(14-23)25-32(28,29)21-8-10-30-11-9-24-21/h2-7,13,18,21,24-25H,8-12H2,1H3. The second kappa shape index (κ2) is 9.26. The molecule has 4 rings (SSSR count). The molecule has 2 unspecified atom stereocenters. The van der Waals surface area contributed by atoms with Gasteiger partial charge in [0.15, 0.2) is 5.58 Å². The van der Waals surface area contributed by atoms with E-state index in [1.54, 1.807) is 13.1 Å². The Morgan fingerprint density at radius 1 is 1.22 bits per heavy atom. The number of oxazole rings is 1. The number of hydrogen-bond acceptors (Lipinski definition) is 7. The van der Waals surface area contributed by atoms with Crippen LogP contribution in [0.2, 0.25) is 0 Å². The zero-order chi connectivity index (χ0) is 22.7. The summed E-state index contributed by atoms with van der Waals surface area (Å²) in [6.07, 6.45) is 0.573. The zero-order valence-corrected chi connectivity index (χ0v) is 18.4. The molecule has 2 aromatic carbocycles. The molecular weight excluding hydrogens is 432 g/mol. The minimum atomic E-state index is -3.71. The molecule has 10 heteroatoms. The Morgan fingerprint density at radius 2 is 1.97 bits per heavy atom. The van der Waals surface area contributed by atoms with Crippen LogP contribution in [0, 0.1) is 11.3 Å². The van der Waals surface area contributed by atoms with Crippen molar-refractivity contribution in [2.45, 2.75) is 24.3 Å². The number of sulfonamides is 1. The fourth-order valence-corrected chi connectivity index (χ4v) is 5.16. The zero-order valence-electron chi connectivity index (χ0n) is 17.6. The third-order valence-corrected chi connectivity index (χ3v) is 7.26. The number of aryl methyl sites for hydroxylation is 1. The van der Waals surface area contributed by atoms with Crippen LogP contribution in [-0.4, -0.2) is 44.2 Å². The molecule has 32 heavy (non-hydrogen) atoms. The average molecular weight is 457 g/mol. The molecule has 1 fully saturated rings. The van der Waals surface area contributed by atoms with Crippen LogP contribution in [0.25, 0.3) is 22.2 Å². The Balaban J connectivity index is 1.47. The van der Waals surface area contributed by atoms with Gasteiger partial charge in [-0.2, -0.15) is 9.98 Å². The second-order valence-electron chi connectivity index (χ2n) is 7.70. The third-order valence-electron chi connectivity index (χ3n) is 5.50. The van der Waals surface area contributed by atoms with Gasteiger partial charge >= 0.3 is 5.76 Å². The topological polar surface area (TPSA) is 126 Å². The molecule has 1 aliphatic rings. The van der Waals surface area contributed by atoms with E-state index in [4.69, 9.17) is 9.15 Å². The molecule has 2 N–H and O–H groups in total. The van der Waals surface area contributed by atoms with Gasteiger partial charge in [-0.05, 0) is 28.8 Å². The van der Waals surface area contributed by atoms with E-state index in [1.165, 1.54) is 4.57 Å². The smallest absolute Gasteiger partial charge is 0.408 e. The molecule has 1 aromatic heterocycles. The molecule has 1 saturated heterocycles. The molecular formula is C22H24N4O5S. The Bertz CT molecular complexity index is 1300. The Kier molecular flexibility index (Phi) is 6.43. The average Bonchev–Trinajstić information content (AvgIpc) is 2.96. The maximum absolute atomic E-state index is 12.7. The van der Waals surface area contributed by atoms with E-state index >= 15 is 0 Å². The van der Waals surface area contributed by atoms with E-state index in [0.29, 0.717) is 37.3 Å². The van der Waals surface area contributed by atoms with Crippen molar-refractivity contribution >= 4 is 21.1 Å². The largest absolute Gasteiger partial charge is 0.419 e. The van der Waals surface area contributed by atoms with E-state index in [0.717, 1.165) is 16.7 Å². The summed E-state index contributed by atoms with van der Waals surface area (Å²) in [5.41, 5.74) is 3.91. The third kappa shape index (κ3) is 4.76. The number of rotatable bonds is 6. The molecule has 3 aromatic rings. The molecule has 1 aliphatic heterocycles. The van der Waals surface area contributed by atoms with E-state index in [2.05, 4.69) is 10.0 Å². The second-order valence-corrected chi connectivity index (χ2v) is 9.59. The highest BCUT2D eigenvalue weighted by Gasteiger charge is 2.28. The van der Waals surface area contributed by atoms with E-state index < -0.39 is 27.2 Å². The quantitative estimate of drug-likeness (QED) is 0.575. The molecule has 2 heterocycles. The lowest BCUT2D eigenvalue weighted by Gasteiger charge is -2.19. The van der Waals surface area contributed by atoms with E-state index in [1.807, 2.05) is 42.5 Å². The van der Waals surface area contributed by atoms with Crippen LogP contribution in [0.3, 0.4) is 0 Å². The lowest BCUT2D eigenvalue weighted by molar-refractivity contribution is 0.151. The first kappa shape index (κ1) is 22.2. The molecule has 9 nitrogen and oxygen atoms in total. The van der Waals surface area contributed by atoms with Gasteiger partial charge < -0.3 is 9.15 Å². The summed E-state index contributed by atoms with van der Waals surface area (Å²) in [5.74, 6) is -0.413. The molecule has 2 atom stereocenters. The van der Waals surface area contributed by atoms with Crippen molar-refractivity contribution < 1.29 is 17.6 Å². The fourth-order valence-electron chi connectivity index (χ4n) is 3.72. The summed E-state index contributed by atoms with van der Waals surface area (Å²) in [6, 6.07) is 14.2. The predicted molar refractivity (Wildman–Crippen MR) is 119 cm³/mol. The van der Waals surface area contributed by atoms with Gasteiger partial charge in [-0.3, -0.25) is 9.88 Å². The van der Waals surface area contributed by atoms with Crippen LogP contribution in [0.5, 0.6) is 0 Å². The van der Waals surface area contributed by atoms with Crippen molar-refractivity contribution in [2.75, 3.05) is 19.8 Å². The van der Waals surface area contributed by atoms with Gasteiger partial charge in [0.2, 0.25) is 10.0 Å². The molecule has 168 valence electrons. The minimum Gasteiger partial charge on any atom is -0.408 e. The fraction of sp³-hybridized carbons (Fsp3) is 0.364. The van der Waals surface area contributed by atoms with Crippen molar-refractivity contribution in [2.24, 2.45) is 7.05 Å². The van der Waals surface area contributed by atoms with Crippen molar-refractivity contribution in [3.8, 4) is 17.2 Å². The van der Waals surface area contributed by atoms with Crippen molar-refractivity contribution in [1.82, 2.24) is 14.6 Å². The molecule has 0 aliphatic carbocycles. The number of hydrogen-bond donors (Lipinski definition) is 2. The van der Waals surface area contributed by atoms with Gasteiger partial charge in [-0.15, -0.1) is 0 Å². The number of nitrogens with zero attached hydrogens (tertiary/aromatic N) is 2. The number of aromatic nitrogens is 1. The Hall–Kier alpha value is -2.97. The lowest BCUT2D eigenvalue weighted by atomic mass is 10.0. The lowest BCUT2D eigenvalue weighted by Crippen LogP contribution is -2.47. The van der Waals surface area contributed by atoms with Gasteiger partial charge in [0, 0.05) is 33.0 Å². The summed E-state index contributed by atoms with van der Waals surface area (Å²) < 4.78 is 39.7. The van der Waals surface area contributed by atoms with Crippen molar-refractivity contribution in [1.29, 1.82) is 5.26 Å². The summed E-state index contributed by atoms with van der Waals surface area (Å²) >= 11 is 0. The Labute approximate surface area is 185 Å². The van der Waals surface area contributed by atoms with Crippen LogP contribution in [0.1, 0.15) is 12.0 Å². The normalized spacial score (nSPS) is 18.2. The monoisotopic (exact) mass is 456 g/mol. The van der Waals surface area contributed by atoms with Crippen LogP contribution in [0.15, 0.2) is 51.7 Å². The first-order chi connectivity index (χ1) is 15.4. The number of ether oxygens (including phenoxy) is 1. The maximum Gasteiger partial charge on any atom is 0.419 e. The summed E-state index contributed by atoms with van der Waals surface area (Å²) in [6.45, 7) is 1.27. The Morgan fingerprint density at radius 3 is 2.72 bits per heavy atom. The number of nitriles is 1. The summed E-state index contributed by atoms with van der Waals surface area (Å²) in [7, 11) is -2.06. The highest BCUT2D eigenvalue weighted by Crippen LogP contribution is 2.24. The number of fused-ring (bicyclic) bond motifs is 1. The van der Waals surface area contributed by atoms with Crippen molar-refractivity contribution in [3.05, 3.63) is 58.6 Å². The van der Waals surface area contributed by atoms with E-state index in [-0.39, 0.29) is 6.42 Å². The van der Waals surface area contributed by atoms with Crippen LogP contribution in [-0.2, 0) is 28.2 Å². The van der Waals surface area contributed by atoms with Gasteiger partial charge in [0.25, 0.3) is 0 Å². The first-order valence-electron chi connectivity index (χ1n) is 10.3. The molecule has 0 saturated carbocycles. The molecule has 0 spiro atoms. The van der Waals surface area contributed by atoms with E-state index in [9.17, 15) is 18.5 Å². The maximum atomic E-state index is 12.7.